The van der Waals surface area contributed by atoms with Gasteiger partial charge >= 0.3 is 6.18 Å². The molecule has 4 rings (SSSR count). The lowest BCUT2D eigenvalue weighted by atomic mass is 9.83. The molecule has 2 aromatic heterocycles. The Morgan fingerprint density at radius 2 is 1.90 bits per heavy atom. The largest absolute Gasteiger partial charge is 0.416 e. The summed E-state index contributed by atoms with van der Waals surface area (Å²) in [4.78, 5) is 22.8. The first-order valence-corrected chi connectivity index (χ1v) is 9.14. The fraction of sp³-hybridized carbons (Fsp3) is 0.350. The SMILES string of the molecule is Cn1cnc2cc(C(=O)N3CCC(O)(c4cccc(C(F)(F)F)c4)CC3)cnc21. The van der Waals surface area contributed by atoms with E-state index in [1.54, 1.807) is 21.9 Å². The molecule has 29 heavy (non-hydrogen) atoms. The maximum atomic E-state index is 13.0. The van der Waals surface area contributed by atoms with Crippen molar-refractivity contribution in [3.05, 3.63) is 59.5 Å². The number of fused-ring (bicyclic) bond motifs is 1. The van der Waals surface area contributed by atoms with Crippen LogP contribution in [-0.4, -0.2) is 43.5 Å². The van der Waals surface area contributed by atoms with Crippen LogP contribution in [0.25, 0.3) is 11.2 Å². The number of pyridine rings is 1. The summed E-state index contributed by atoms with van der Waals surface area (Å²) in [7, 11) is 1.81. The van der Waals surface area contributed by atoms with Gasteiger partial charge in [-0.2, -0.15) is 13.2 Å². The molecule has 0 aliphatic carbocycles. The Hall–Kier alpha value is -2.94. The minimum Gasteiger partial charge on any atom is -0.385 e. The monoisotopic (exact) mass is 404 g/mol. The number of alkyl halides is 3. The second-order valence-corrected chi connectivity index (χ2v) is 7.32. The van der Waals surface area contributed by atoms with Crippen molar-refractivity contribution < 1.29 is 23.1 Å². The highest BCUT2D eigenvalue weighted by molar-refractivity contribution is 5.96. The second-order valence-electron chi connectivity index (χ2n) is 7.32. The molecule has 6 nitrogen and oxygen atoms in total. The van der Waals surface area contributed by atoms with E-state index in [0.29, 0.717) is 16.7 Å². The molecule has 152 valence electrons. The Bertz CT molecular complexity index is 1070. The van der Waals surface area contributed by atoms with Crippen molar-refractivity contribution in [2.75, 3.05) is 13.1 Å². The number of amides is 1. The van der Waals surface area contributed by atoms with Crippen LogP contribution in [0.15, 0.2) is 42.9 Å². The normalized spacial score (nSPS) is 16.9. The van der Waals surface area contributed by atoms with E-state index in [1.807, 2.05) is 7.05 Å². The molecule has 0 bridgehead atoms. The van der Waals surface area contributed by atoms with E-state index >= 15 is 0 Å². The van der Waals surface area contributed by atoms with E-state index in [2.05, 4.69) is 9.97 Å². The van der Waals surface area contributed by atoms with Crippen molar-refractivity contribution in [1.82, 2.24) is 19.4 Å². The molecule has 1 aliphatic rings. The number of carbonyl (C=O) groups is 1. The van der Waals surface area contributed by atoms with Crippen LogP contribution in [0.3, 0.4) is 0 Å². The number of likely N-dealkylation sites (tertiary alicyclic amines) is 1. The fourth-order valence-electron chi connectivity index (χ4n) is 3.67. The Kier molecular flexibility index (Phi) is 4.57. The lowest BCUT2D eigenvalue weighted by Crippen LogP contribution is -2.45. The lowest BCUT2D eigenvalue weighted by molar-refractivity contribution is -0.137. The van der Waals surface area contributed by atoms with Gasteiger partial charge in [0, 0.05) is 26.3 Å². The number of halogens is 3. The number of rotatable bonds is 2. The minimum atomic E-state index is -4.47. The maximum absolute atomic E-state index is 13.0. The van der Waals surface area contributed by atoms with Gasteiger partial charge in [-0.05, 0) is 36.6 Å². The second kappa shape index (κ2) is 6.84. The highest BCUT2D eigenvalue weighted by Gasteiger charge is 2.38. The van der Waals surface area contributed by atoms with E-state index in [9.17, 15) is 23.1 Å². The van der Waals surface area contributed by atoms with E-state index in [-0.39, 0.29) is 37.4 Å². The summed E-state index contributed by atoms with van der Waals surface area (Å²) in [5.41, 5.74) is -0.315. The Morgan fingerprint density at radius 1 is 1.17 bits per heavy atom. The molecule has 1 fully saturated rings. The van der Waals surface area contributed by atoms with Crippen molar-refractivity contribution in [1.29, 1.82) is 0 Å². The molecule has 1 N–H and O–H groups in total. The molecule has 1 saturated heterocycles. The third-order valence-electron chi connectivity index (χ3n) is 5.40. The number of aliphatic hydroxyl groups is 1. The molecular formula is C20H19F3N4O2. The number of hydrogen-bond acceptors (Lipinski definition) is 4. The molecule has 3 heterocycles. The van der Waals surface area contributed by atoms with Gasteiger partial charge in [-0.15, -0.1) is 0 Å². The number of piperidine rings is 1. The molecule has 0 atom stereocenters. The van der Waals surface area contributed by atoms with E-state index in [1.165, 1.54) is 18.3 Å². The van der Waals surface area contributed by atoms with Crippen molar-refractivity contribution in [2.24, 2.45) is 7.05 Å². The van der Waals surface area contributed by atoms with Gasteiger partial charge in [-0.1, -0.05) is 12.1 Å². The summed E-state index contributed by atoms with van der Waals surface area (Å²) in [5.74, 6) is -0.240. The summed E-state index contributed by atoms with van der Waals surface area (Å²) in [5, 5.41) is 10.9. The first kappa shape index (κ1) is 19.4. The summed E-state index contributed by atoms with van der Waals surface area (Å²) in [6.45, 7) is 0.456. The number of imidazole rings is 1. The molecule has 9 heteroatoms. The average Bonchev–Trinajstić information content (AvgIpc) is 3.08. The zero-order valence-corrected chi connectivity index (χ0v) is 15.6. The zero-order chi connectivity index (χ0) is 20.8. The smallest absolute Gasteiger partial charge is 0.385 e. The van der Waals surface area contributed by atoms with Crippen molar-refractivity contribution in [3.63, 3.8) is 0 Å². The van der Waals surface area contributed by atoms with Gasteiger partial charge in [-0.25, -0.2) is 9.97 Å². The molecule has 1 aromatic carbocycles. The summed E-state index contributed by atoms with van der Waals surface area (Å²) < 4.78 is 40.7. The van der Waals surface area contributed by atoms with Crippen molar-refractivity contribution in [2.45, 2.75) is 24.6 Å². The van der Waals surface area contributed by atoms with Crippen LogP contribution in [0.1, 0.15) is 34.3 Å². The molecular weight excluding hydrogens is 385 g/mol. The number of carbonyl (C=O) groups excluding carboxylic acids is 1. The summed E-state index contributed by atoms with van der Waals surface area (Å²) >= 11 is 0. The molecule has 3 aromatic rings. The number of aromatic nitrogens is 3. The number of aryl methyl sites for hydroxylation is 1. The first-order valence-electron chi connectivity index (χ1n) is 9.14. The van der Waals surface area contributed by atoms with Crippen LogP contribution >= 0.6 is 0 Å². The van der Waals surface area contributed by atoms with Crippen LogP contribution in [-0.2, 0) is 18.8 Å². The van der Waals surface area contributed by atoms with Gasteiger partial charge in [-0.3, -0.25) is 4.79 Å². The molecule has 0 spiro atoms. The standard InChI is InChI=1S/C20H19F3N4O2/c1-26-12-25-16-9-13(11-24-17(16)26)18(28)27-7-5-19(29,6-8-27)14-3-2-4-15(10-14)20(21,22)23/h2-4,9-12,29H,5-8H2,1H3. The van der Waals surface area contributed by atoms with Gasteiger partial charge < -0.3 is 14.6 Å². The predicted molar refractivity (Wildman–Crippen MR) is 99.0 cm³/mol. The predicted octanol–water partition coefficient (Wildman–Crippen LogP) is 3.11. The molecule has 0 radical (unpaired) electrons. The summed E-state index contributed by atoms with van der Waals surface area (Å²) in [6, 6.07) is 6.41. The highest BCUT2D eigenvalue weighted by Crippen LogP contribution is 2.37. The third kappa shape index (κ3) is 3.57. The lowest BCUT2D eigenvalue weighted by Gasteiger charge is -2.38. The Balaban J connectivity index is 1.50. The van der Waals surface area contributed by atoms with Crippen LogP contribution in [0.5, 0.6) is 0 Å². The van der Waals surface area contributed by atoms with Crippen LogP contribution in [0.4, 0.5) is 13.2 Å². The van der Waals surface area contributed by atoms with Gasteiger partial charge in [0.05, 0.1) is 23.1 Å². The quantitative estimate of drug-likeness (QED) is 0.713. The minimum absolute atomic E-state index is 0.152. The Morgan fingerprint density at radius 3 is 2.59 bits per heavy atom. The van der Waals surface area contributed by atoms with Crippen molar-refractivity contribution >= 4 is 17.1 Å². The maximum Gasteiger partial charge on any atom is 0.416 e. The van der Waals surface area contributed by atoms with Crippen LogP contribution in [0, 0.1) is 0 Å². The molecule has 0 saturated carbocycles. The molecule has 1 aliphatic heterocycles. The highest BCUT2D eigenvalue weighted by atomic mass is 19.4. The molecule has 0 unspecified atom stereocenters. The number of nitrogens with zero attached hydrogens (tertiary/aromatic N) is 4. The van der Waals surface area contributed by atoms with E-state index < -0.39 is 17.3 Å². The number of benzene rings is 1. The first-order chi connectivity index (χ1) is 13.7. The van der Waals surface area contributed by atoms with Gasteiger partial charge in [0.25, 0.3) is 5.91 Å². The van der Waals surface area contributed by atoms with Gasteiger partial charge in [0.15, 0.2) is 5.65 Å². The van der Waals surface area contributed by atoms with Crippen molar-refractivity contribution in [3.8, 4) is 0 Å². The molecule has 1 amide bonds. The zero-order valence-electron chi connectivity index (χ0n) is 15.6. The van der Waals surface area contributed by atoms with E-state index in [0.717, 1.165) is 12.1 Å². The van der Waals surface area contributed by atoms with E-state index in [4.69, 9.17) is 0 Å². The summed E-state index contributed by atoms with van der Waals surface area (Å²) in [6.07, 6.45) is -1.07. The average molecular weight is 404 g/mol. The topological polar surface area (TPSA) is 71.2 Å². The number of hydrogen-bond donors (Lipinski definition) is 1. The van der Waals surface area contributed by atoms with Crippen LogP contribution < -0.4 is 0 Å². The van der Waals surface area contributed by atoms with Gasteiger partial charge in [0.1, 0.15) is 5.52 Å². The Labute approximate surface area is 164 Å². The fourth-order valence-corrected chi connectivity index (χ4v) is 3.67. The van der Waals surface area contributed by atoms with Gasteiger partial charge in [0.2, 0.25) is 0 Å². The van der Waals surface area contributed by atoms with Crippen LogP contribution in [0.2, 0.25) is 0 Å². The third-order valence-corrected chi connectivity index (χ3v) is 5.40.